The van der Waals surface area contributed by atoms with E-state index in [1.807, 2.05) is 0 Å². The van der Waals surface area contributed by atoms with E-state index in [9.17, 15) is 0 Å². The van der Waals surface area contributed by atoms with Crippen molar-refractivity contribution in [2.24, 2.45) is 0 Å². The van der Waals surface area contributed by atoms with Gasteiger partial charge < -0.3 is 9.80 Å². The number of fused-ring (bicyclic) bond motifs is 6. The van der Waals surface area contributed by atoms with Gasteiger partial charge >= 0.3 is 0 Å². The quantitative estimate of drug-likeness (QED) is 0.150. The predicted octanol–water partition coefficient (Wildman–Crippen LogP) is 16.7. The van der Waals surface area contributed by atoms with E-state index in [0.29, 0.717) is 17.9 Å². The van der Waals surface area contributed by atoms with E-state index in [1.54, 1.807) is 0 Å². The maximum atomic E-state index is 2.71. The van der Waals surface area contributed by atoms with Crippen molar-refractivity contribution in [2.45, 2.75) is 81.7 Å². The zero-order chi connectivity index (χ0) is 43.5. The standard InChI is InChI=1S/C63H56N2/c1-63(2)59-25-11-9-23-55(59)57-42-54(36-37-60(57)63)65-61-26-12-10-24-56(61)58-41-50(31-38-62(58)65)48-20-13-19-47(39-48)49-21-14-22-53(40-49)64(51-32-27-45(28-33-51)43-15-5-3-6-16-43)52-34-29-46(30-35-52)44-17-7-4-8-18-44/h3-9,11,13-17,19-23,25,27-32,34-42,44,51,56,61H,10,12,18,24,26,33H2,1-2H3/t44?,51?,56?,61-/m1/s1. The van der Waals surface area contributed by atoms with Crippen LogP contribution in [-0.2, 0) is 5.41 Å². The first-order valence-corrected chi connectivity index (χ1v) is 24.0. The number of hydrogen-bond donors (Lipinski definition) is 0. The Balaban J connectivity index is 0.868. The molecule has 5 aliphatic rings. The summed E-state index contributed by atoms with van der Waals surface area (Å²) < 4.78 is 0. The van der Waals surface area contributed by atoms with Gasteiger partial charge in [0.25, 0.3) is 0 Å². The molecule has 65 heavy (non-hydrogen) atoms. The van der Waals surface area contributed by atoms with Crippen LogP contribution in [0.5, 0.6) is 0 Å². The highest BCUT2D eigenvalue weighted by Crippen LogP contribution is 2.55. The molecular formula is C63H56N2. The number of anilines is 4. The van der Waals surface area contributed by atoms with Crippen LogP contribution in [0.2, 0.25) is 0 Å². The summed E-state index contributed by atoms with van der Waals surface area (Å²) in [5.41, 5.74) is 21.3. The van der Waals surface area contributed by atoms with Gasteiger partial charge in [-0.25, -0.2) is 0 Å². The largest absolute Gasteiger partial charge is 0.337 e. The molecule has 1 heterocycles. The summed E-state index contributed by atoms with van der Waals surface area (Å²) in [7, 11) is 0. The second kappa shape index (κ2) is 16.3. The first kappa shape index (κ1) is 39.7. The Morgan fingerprint density at radius 3 is 2.09 bits per heavy atom. The van der Waals surface area contributed by atoms with Crippen LogP contribution >= 0.6 is 0 Å². The van der Waals surface area contributed by atoms with Gasteiger partial charge in [0.1, 0.15) is 0 Å². The van der Waals surface area contributed by atoms with Crippen LogP contribution in [0.4, 0.5) is 22.7 Å². The average molecular weight is 841 g/mol. The zero-order valence-corrected chi connectivity index (χ0v) is 37.6. The van der Waals surface area contributed by atoms with Crippen molar-refractivity contribution in [3.63, 3.8) is 0 Å². The number of hydrogen-bond acceptors (Lipinski definition) is 2. The number of nitrogens with zero attached hydrogens (tertiary/aromatic N) is 2. The third-order valence-electron chi connectivity index (χ3n) is 15.3. The van der Waals surface area contributed by atoms with Crippen LogP contribution < -0.4 is 9.80 Å². The van der Waals surface area contributed by atoms with Gasteiger partial charge in [-0.15, -0.1) is 0 Å². The lowest BCUT2D eigenvalue weighted by atomic mass is 9.81. The monoisotopic (exact) mass is 840 g/mol. The van der Waals surface area contributed by atoms with E-state index in [1.165, 1.54) is 115 Å². The highest BCUT2D eigenvalue weighted by molar-refractivity contribution is 5.87. The molecule has 4 atom stereocenters. The molecule has 0 spiro atoms. The molecule has 4 aliphatic carbocycles. The van der Waals surface area contributed by atoms with Crippen LogP contribution in [0.1, 0.15) is 92.0 Å². The Hall–Kier alpha value is -6.90. The minimum Gasteiger partial charge on any atom is -0.337 e. The first-order chi connectivity index (χ1) is 32.0. The summed E-state index contributed by atoms with van der Waals surface area (Å²) in [6, 6.07) is 62.9. The number of rotatable bonds is 8. The molecule has 12 rings (SSSR count). The fraction of sp³-hybridized carbons (Fsp3) is 0.206. The fourth-order valence-corrected chi connectivity index (χ4v) is 12.0. The van der Waals surface area contributed by atoms with Crippen LogP contribution in [-0.4, -0.2) is 12.1 Å². The van der Waals surface area contributed by atoms with E-state index in [2.05, 4.69) is 230 Å². The van der Waals surface area contributed by atoms with Gasteiger partial charge in [-0.3, -0.25) is 0 Å². The van der Waals surface area contributed by atoms with Gasteiger partial charge in [0.2, 0.25) is 0 Å². The summed E-state index contributed by atoms with van der Waals surface area (Å²) >= 11 is 0. The van der Waals surface area contributed by atoms with Gasteiger partial charge in [0.15, 0.2) is 0 Å². The molecule has 3 unspecified atom stereocenters. The lowest BCUT2D eigenvalue weighted by Crippen LogP contribution is -2.32. The van der Waals surface area contributed by atoms with Gasteiger partial charge in [0, 0.05) is 46.0 Å². The smallest absolute Gasteiger partial charge is 0.0560 e. The van der Waals surface area contributed by atoms with E-state index in [0.717, 1.165) is 12.8 Å². The molecule has 0 aromatic heterocycles. The predicted molar refractivity (Wildman–Crippen MR) is 275 cm³/mol. The first-order valence-electron chi connectivity index (χ1n) is 24.0. The summed E-state index contributed by atoms with van der Waals surface area (Å²) in [6.07, 6.45) is 23.1. The molecule has 0 bridgehead atoms. The van der Waals surface area contributed by atoms with E-state index in [4.69, 9.17) is 0 Å². The maximum absolute atomic E-state index is 2.71. The molecule has 2 heteroatoms. The molecule has 0 radical (unpaired) electrons. The Labute approximate surface area is 385 Å². The average Bonchev–Trinajstić information content (AvgIpc) is 3.82. The minimum atomic E-state index is 0.0131. The van der Waals surface area contributed by atoms with Crippen molar-refractivity contribution in [1.82, 2.24) is 0 Å². The van der Waals surface area contributed by atoms with Crippen molar-refractivity contribution in [2.75, 3.05) is 9.80 Å². The van der Waals surface area contributed by atoms with Gasteiger partial charge in [-0.2, -0.15) is 0 Å². The molecule has 0 N–H and O–H groups in total. The SMILES string of the molecule is CC1(C)c2ccccc2-c2cc(N3c4ccc(-c5cccc(-c6cccc(N(c7ccc(C8C=CC=CC8)cc7)C7C=CC(c8ccccc8)=CC7)c6)c5)cc4C4CCCC[C@H]43)ccc21. The van der Waals surface area contributed by atoms with Crippen molar-refractivity contribution in [3.8, 4) is 33.4 Å². The maximum Gasteiger partial charge on any atom is 0.0560 e. The topological polar surface area (TPSA) is 6.48 Å². The molecule has 7 aromatic rings. The number of allylic oxidation sites excluding steroid dienone is 6. The molecule has 0 saturated heterocycles. The highest BCUT2D eigenvalue weighted by atomic mass is 15.2. The normalized spacial score (nSPS) is 21.0. The second-order valence-corrected chi connectivity index (χ2v) is 19.4. The summed E-state index contributed by atoms with van der Waals surface area (Å²) in [6.45, 7) is 4.76. The van der Waals surface area contributed by atoms with Crippen LogP contribution in [0.3, 0.4) is 0 Å². The van der Waals surface area contributed by atoms with Gasteiger partial charge in [-0.1, -0.05) is 178 Å². The minimum absolute atomic E-state index is 0.0131. The van der Waals surface area contributed by atoms with Crippen LogP contribution in [0, 0.1) is 0 Å². The molecule has 0 amide bonds. The van der Waals surface area contributed by atoms with Crippen molar-refractivity contribution >= 4 is 28.3 Å². The lowest BCUT2D eigenvalue weighted by Gasteiger charge is -2.34. The van der Waals surface area contributed by atoms with Gasteiger partial charge in [-0.05, 0) is 147 Å². The Bertz CT molecular complexity index is 3050. The third-order valence-corrected chi connectivity index (χ3v) is 15.3. The molecule has 318 valence electrons. The Morgan fingerprint density at radius 1 is 0.554 bits per heavy atom. The number of benzene rings is 7. The Kier molecular flexibility index (Phi) is 9.93. The molecule has 7 aromatic carbocycles. The second-order valence-electron chi connectivity index (χ2n) is 19.4. The lowest BCUT2D eigenvalue weighted by molar-refractivity contribution is 0.402. The van der Waals surface area contributed by atoms with Crippen LogP contribution in [0.15, 0.2) is 206 Å². The Morgan fingerprint density at radius 2 is 1.29 bits per heavy atom. The molecule has 2 nitrogen and oxygen atoms in total. The van der Waals surface area contributed by atoms with Crippen molar-refractivity contribution < 1.29 is 0 Å². The van der Waals surface area contributed by atoms with Crippen LogP contribution in [0.25, 0.3) is 39.0 Å². The van der Waals surface area contributed by atoms with Gasteiger partial charge in [0.05, 0.1) is 6.04 Å². The molecule has 1 aliphatic heterocycles. The van der Waals surface area contributed by atoms with Crippen molar-refractivity contribution in [1.29, 1.82) is 0 Å². The molecule has 1 saturated carbocycles. The molecule has 1 fully saturated rings. The summed E-state index contributed by atoms with van der Waals surface area (Å²) in [5, 5.41) is 0. The summed E-state index contributed by atoms with van der Waals surface area (Å²) in [5.74, 6) is 0.966. The van der Waals surface area contributed by atoms with E-state index >= 15 is 0 Å². The molecular weight excluding hydrogens is 785 g/mol. The summed E-state index contributed by atoms with van der Waals surface area (Å²) in [4.78, 5) is 5.25. The van der Waals surface area contributed by atoms with Crippen molar-refractivity contribution in [3.05, 3.63) is 234 Å². The zero-order valence-electron chi connectivity index (χ0n) is 37.6. The third kappa shape index (κ3) is 7.02. The highest BCUT2D eigenvalue weighted by Gasteiger charge is 2.42. The van der Waals surface area contributed by atoms with E-state index < -0.39 is 0 Å². The fourth-order valence-electron chi connectivity index (χ4n) is 12.0. The van der Waals surface area contributed by atoms with E-state index in [-0.39, 0.29) is 11.5 Å².